The molecule has 30 heavy (non-hydrogen) atoms. The van der Waals surface area contributed by atoms with Crippen LogP contribution in [0.1, 0.15) is 88.8 Å². The second-order valence-electron chi connectivity index (χ2n) is 9.09. The van der Waals surface area contributed by atoms with Crippen LogP contribution in [0.5, 0.6) is 0 Å². The average molecular weight is 431 g/mol. The number of ketones is 1. The molecule has 0 spiro atoms. The smallest absolute Gasteiger partial charge is 0.139 e. The van der Waals surface area contributed by atoms with E-state index >= 15 is 0 Å². The van der Waals surface area contributed by atoms with Crippen molar-refractivity contribution in [1.29, 1.82) is 0 Å². The Morgan fingerprint density at radius 2 is 2.13 bits per heavy atom. The maximum absolute atomic E-state index is 12.8. The van der Waals surface area contributed by atoms with Crippen LogP contribution in [0.3, 0.4) is 0 Å². The van der Waals surface area contributed by atoms with E-state index in [0.717, 1.165) is 31.6 Å². The van der Waals surface area contributed by atoms with Crippen molar-refractivity contribution < 1.29 is 9.53 Å². The number of carbonyl (C=O) groups excluding carboxylic acids is 1. The van der Waals surface area contributed by atoms with Gasteiger partial charge in [-0.25, -0.2) is 0 Å². The summed E-state index contributed by atoms with van der Waals surface area (Å²) in [6.07, 6.45) is 13.8. The third-order valence-corrected chi connectivity index (χ3v) is 7.35. The van der Waals surface area contributed by atoms with Crippen molar-refractivity contribution in [3.8, 4) is 0 Å². The summed E-state index contributed by atoms with van der Waals surface area (Å²) in [4.78, 5) is 12.8. The highest BCUT2D eigenvalue weighted by molar-refractivity contribution is 7.81. The molecule has 0 saturated carbocycles. The van der Waals surface area contributed by atoms with Crippen molar-refractivity contribution >= 4 is 18.4 Å². The van der Waals surface area contributed by atoms with Crippen molar-refractivity contribution in [3.05, 3.63) is 46.5 Å². The van der Waals surface area contributed by atoms with Crippen LogP contribution in [0.25, 0.3) is 0 Å². The van der Waals surface area contributed by atoms with Gasteiger partial charge in [0.25, 0.3) is 0 Å². The largest absolute Gasteiger partial charge is 0.380 e. The van der Waals surface area contributed by atoms with Crippen LogP contribution in [-0.2, 0) is 28.8 Å². The molecule has 1 aromatic carbocycles. The molecule has 0 amide bonds. The van der Waals surface area contributed by atoms with E-state index in [1.165, 1.54) is 54.4 Å². The first-order valence-corrected chi connectivity index (χ1v) is 12.4. The number of hydrogen-bond acceptors (Lipinski definition) is 3. The lowest BCUT2D eigenvalue weighted by Gasteiger charge is -2.27. The fourth-order valence-corrected chi connectivity index (χ4v) is 5.08. The van der Waals surface area contributed by atoms with Gasteiger partial charge in [-0.05, 0) is 81.4 Å². The van der Waals surface area contributed by atoms with Crippen LogP contribution in [-0.4, -0.2) is 24.2 Å². The molecule has 3 heteroatoms. The summed E-state index contributed by atoms with van der Waals surface area (Å²) in [6, 6.07) is 6.58. The molecule has 168 valence electrons. The second kappa shape index (κ2) is 13.4. The molecule has 0 heterocycles. The Kier molecular flexibility index (Phi) is 11.2. The van der Waals surface area contributed by atoms with Crippen molar-refractivity contribution in [3.63, 3.8) is 0 Å². The highest BCUT2D eigenvalue weighted by atomic mass is 32.1. The molecule has 2 rings (SSSR count). The number of benzene rings is 1. The third-order valence-electron chi connectivity index (χ3n) is 6.76. The monoisotopic (exact) mass is 430 g/mol. The van der Waals surface area contributed by atoms with Crippen molar-refractivity contribution in [1.82, 2.24) is 0 Å². The van der Waals surface area contributed by atoms with Gasteiger partial charge in [0.1, 0.15) is 5.78 Å². The van der Waals surface area contributed by atoms with E-state index in [4.69, 9.17) is 17.4 Å². The molecule has 0 aromatic heterocycles. The molecule has 0 fully saturated rings. The van der Waals surface area contributed by atoms with E-state index in [2.05, 4.69) is 45.0 Å². The highest BCUT2D eigenvalue weighted by Crippen LogP contribution is 2.31. The number of Topliss-reactive ketones (excluding diaryl/α,β-unsaturated/α-hetero) is 1. The minimum atomic E-state index is -0.0862. The van der Waals surface area contributed by atoms with Gasteiger partial charge in [0.2, 0.25) is 0 Å². The van der Waals surface area contributed by atoms with Gasteiger partial charge in [-0.2, -0.15) is 12.6 Å². The molecular formula is C27H42O2S. The van der Waals surface area contributed by atoms with Gasteiger partial charge < -0.3 is 4.74 Å². The van der Waals surface area contributed by atoms with Gasteiger partial charge in [0, 0.05) is 25.2 Å². The molecule has 1 aliphatic carbocycles. The SMILES string of the molecule is C/C=C(\C)CCCC1CCc2c(CC(=O)CC(OC)C(S)CCCC)cccc2C1. The highest BCUT2D eigenvalue weighted by Gasteiger charge is 2.24. The maximum atomic E-state index is 12.8. The fourth-order valence-electron chi connectivity index (χ4n) is 4.67. The van der Waals surface area contributed by atoms with Gasteiger partial charge in [0.15, 0.2) is 0 Å². The number of allylic oxidation sites excluding steroid dienone is 2. The van der Waals surface area contributed by atoms with Gasteiger partial charge in [-0.15, -0.1) is 0 Å². The zero-order chi connectivity index (χ0) is 21.9. The lowest BCUT2D eigenvalue weighted by molar-refractivity contribution is -0.120. The van der Waals surface area contributed by atoms with E-state index in [1.807, 2.05) is 0 Å². The van der Waals surface area contributed by atoms with E-state index in [1.54, 1.807) is 7.11 Å². The molecule has 0 radical (unpaired) electrons. The Balaban J connectivity index is 1.92. The molecule has 0 saturated heterocycles. The van der Waals surface area contributed by atoms with Crippen LogP contribution >= 0.6 is 12.6 Å². The normalized spacial score (nSPS) is 18.7. The standard InChI is InChI=1S/C27H42O2S/c1-5-7-14-27(30)26(29-4)19-24(28)18-23-13-9-12-22-17-21(15-16-25(22)23)11-8-10-20(3)6-2/h6,9,12-13,21,26-27,30H,5,7-8,10-11,14-19H2,1-4H3/b20-6+. The van der Waals surface area contributed by atoms with Crippen LogP contribution < -0.4 is 0 Å². The van der Waals surface area contributed by atoms with Gasteiger partial charge in [-0.1, -0.05) is 49.6 Å². The number of hydrogen-bond donors (Lipinski definition) is 1. The Labute approximate surface area is 190 Å². The average Bonchev–Trinajstić information content (AvgIpc) is 2.75. The molecule has 0 bridgehead atoms. The lowest BCUT2D eigenvalue weighted by Crippen LogP contribution is -2.27. The molecule has 2 nitrogen and oxygen atoms in total. The summed E-state index contributed by atoms with van der Waals surface area (Å²) in [7, 11) is 1.70. The van der Waals surface area contributed by atoms with Crippen molar-refractivity contribution in [2.45, 2.75) is 103 Å². The summed E-state index contributed by atoms with van der Waals surface area (Å²) < 4.78 is 5.61. The number of carbonyl (C=O) groups is 1. The second-order valence-corrected chi connectivity index (χ2v) is 9.76. The lowest BCUT2D eigenvalue weighted by atomic mass is 9.79. The number of thiol groups is 1. The summed E-state index contributed by atoms with van der Waals surface area (Å²) >= 11 is 4.70. The fraction of sp³-hybridized carbons (Fsp3) is 0.667. The van der Waals surface area contributed by atoms with Crippen LogP contribution in [0.2, 0.25) is 0 Å². The number of unbranched alkanes of at least 4 members (excludes halogenated alkanes) is 1. The quantitative estimate of drug-likeness (QED) is 0.271. The summed E-state index contributed by atoms with van der Waals surface area (Å²) in [6.45, 7) is 6.54. The molecular weight excluding hydrogens is 388 g/mol. The predicted octanol–water partition coefficient (Wildman–Crippen LogP) is 6.93. The first-order valence-electron chi connectivity index (χ1n) is 11.9. The number of rotatable bonds is 13. The molecule has 0 aliphatic heterocycles. The van der Waals surface area contributed by atoms with E-state index in [0.29, 0.717) is 12.8 Å². The van der Waals surface area contributed by atoms with E-state index < -0.39 is 0 Å². The zero-order valence-corrected chi connectivity index (χ0v) is 20.5. The third kappa shape index (κ3) is 7.89. The Morgan fingerprint density at radius 1 is 1.33 bits per heavy atom. The Morgan fingerprint density at radius 3 is 2.83 bits per heavy atom. The minimum Gasteiger partial charge on any atom is -0.380 e. The maximum Gasteiger partial charge on any atom is 0.139 e. The molecule has 1 aliphatic rings. The van der Waals surface area contributed by atoms with E-state index in [-0.39, 0.29) is 17.1 Å². The van der Waals surface area contributed by atoms with Crippen LogP contribution in [0.4, 0.5) is 0 Å². The molecule has 1 aromatic rings. The van der Waals surface area contributed by atoms with Gasteiger partial charge >= 0.3 is 0 Å². The zero-order valence-electron chi connectivity index (χ0n) is 19.6. The summed E-state index contributed by atoms with van der Waals surface area (Å²) in [5, 5.41) is 0.135. The number of ether oxygens (including phenoxy) is 1. The first kappa shape index (κ1) is 25.2. The van der Waals surface area contributed by atoms with Crippen LogP contribution in [0, 0.1) is 5.92 Å². The first-order chi connectivity index (χ1) is 14.5. The topological polar surface area (TPSA) is 26.3 Å². The van der Waals surface area contributed by atoms with Crippen LogP contribution in [0.15, 0.2) is 29.8 Å². The minimum absolute atomic E-state index is 0.0862. The Bertz CT molecular complexity index is 694. The van der Waals surface area contributed by atoms with Gasteiger partial charge in [0.05, 0.1) is 6.10 Å². The Hall–Kier alpha value is -1.06. The van der Waals surface area contributed by atoms with Crippen molar-refractivity contribution in [2.24, 2.45) is 5.92 Å². The molecule has 3 unspecified atom stereocenters. The number of fused-ring (bicyclic) bond motifs is 1. The summed E-state index contributed by atoms with van der Waals surface area (Å²) in [5.41, 5.74) is 5.64. The summed E-state index contributed by atoms with van der Waals surface area (Å²) in [5.74, 6) is 1.06. The predicted molar refractivity (Wildman–Crippen MR) is 132 cm³/mol. The number of methoxy groups -OCH3 is 1. The van der Waals surface area contributed by atoms with Gasteiger partial charge in [-0.3, -0.25) is 4.79 Å². The molecule has 0 N–H and O–H groups in total. The molecule has 3 atom stereocenters. The van der Waals surface area contributed by atoms with Crippen molar-refractivity contribution in [2.75, 3.05) is 7.11 Å². The van der Waals surface area contributed by atoms with E-state index in [9.17, 15) is 4.79 Å².